The second kappa shape index (κ2) is 45.7. The molecule has 0 aromatic carbocycles. The Hall–Kier alpha value is -2.33. The molecule has 0 saturated carbocycles. The number of allylic oxidation sites excluding steroid dienone is 10. The highest BCUT2D eigenvalue weighted by Gasteiger charge is 2.27. The lowest BCUT2D eigenvalue weighted by Gasteiger charge is -2.20. The maximum absolute atomic E-state index is 12.7. The average molecular weight is 880 g/mol. The fourth-order valence-corrected chi connectivity index (χ4v) is 7.24. The number of phosphoric acid groups is 1. The third-order valence-corrected chi connectivity index (χ3v) is 11.2. The fraction of sp³-hybridized carbons (Fsp3) is 0.760. The monoisotopic (exact) mass is 880 g/mol. The highest BCUT2D eigenvalue weighted by atomic mass is 31.2. The molecule has 0 amide bonds. The van der Waals surface area contributed by atoms with E-state index in [0.717, 1.165) is 77.0 Å². The first-order valence-electron chi connectivity index (χ1n) is 24.3. The van der Waals surface area contributed by atoms with Gasteiger partial charge in [0.1, 0.15) is 12.1 Å². The number of unbranched alkanes of at least 4 members (excludes halogenated alkanes) is 22. The first kappa shape index (κ1) is 58.7. The van der Waals surface area contributed by atoms with Gasteiger partial charge in [0, 0.05) is 13.0 Å². The molecule has 354 valence electrons. The standard InChI is InChI=1S/C50H90NO9P/c1-3-5-7-9-11-13-15-17-19-20-21-22-23-24-25-26-27-29-31-33-35-37-39-41-43-57-44-47(45-58-61(55,56)59-46-48(51)50(53)54)60-49(52)42-40-38-36-34-32-30-28-18-16-14-12-10-8-6-4-2/h12,14-15,17-18,20-21,23-24,28,47-48H,3-11,13,16,19,22,25-27,29-46,51H2,1-2H3,(H,53,54)(H,55,56)/b14-12-,17-15-,21-20-,24-23-,28-18-. The maximum Gasteiger partial charge on any atom is 0.472 e. The normalized spacial score (nSPS) is 14.3. The minimum atomic E-state index is -4.63. The Morgan fingerprint density at radius 1 is 0.525 bits per heavy atom. The third kappa shape index (κ3) is 45.5. The topological polar surface area (TPSA) is 155 Å². The quantitative estimate of drug-likeness (QED) is 0.0233. The van der Waals surface area contributed by atoms with E-state index in [0.29, 0.717) is 13.0 Å². The first-order valence-corrected chi connectivity index (χ1v) is 25.8. The molecule has 4 N–H and O–H groups in total. The molecule has 0 aliphatic rings. The van der Waals surface area contributed by atoms with Gasteiger partial charge in [0.25, 0.3) is 0 Å². The van der Waals surface area contributed by atoms with Gasteiger partial charge in [0.05, 0.1) is 19.8 Å². The van der Waals surface area contributed by atoms with Crippen molar-refractivity contribution in [3.05, 3.63) is 60.8 Å². The van der Waals surface area contributed by atoms with Crippen LogP contribution in [0.1, 0.15) is 206 Å². The Morgan fingerprint density at radius 2 is 0.902 bits per heavy atom. The highest BCUT2D eigenvalue weighted by molar-refractivity contribution is 7.47. The molecule has 61 heavy (non-hydrogen) atoms. The van der Waals surface area contributed by atoms with Crippen molar-refractivity contribution < 1.29 is 42.7 Å². The number of carboxylic acids is 1. The smallest absolute Gasteiger partial charge is 0.472 e. The largest absolute Gasteiger partial charge is 0.480 e. The van der Waals surface area contributed by atoms with Crippen LogP contribution < -0.4 is 5.73 Å². The van der Waals surface area contributed by atoms with Crippen LogP contribution in [0.4, 0.5) is 0 Å². The molecule has 10 nitrogen and oxygen atoms in total. The van der Waals surface area contributed by atoms with Crippen molar-refractivity contribution in [2.75, 3.05) is 26.4 Å². The van der Waals surface area contributed by atoms with Crippen LogP contribution in [-0.2, 0) is 32.7 Å². The SMILES string of the molecule is CCCCC/C=C\C/C=C\CCCCCCCC(=O)OC(COCCCCCCCCCCC/C=C\C/C=C\C/C=C\CCCCCCC)COP(=O)(O)OCC(N)C(=O)O. The van der Waals surface area contributed by atoms with E-state index in [2.05, 4.69) is 74.6 Å². The molecule has 0 aromatic heterocycles. The van der Waals surface area contributed by atoms with Gasteiger partial charge < -0.3 is 25.2 Å². The van der Waals surface area contributed by atoms with Crippen LogP contribution >= 0.6 is 7.82 Å². The van der Waals surface area contributed by atoms with E-state index in [9.17, 15) is 19.0 Å². The van der Waals surface area contributed by atoms with Crippen molar-refractivity contribution in [3.8, 4) is 0 Å². The van der Waals surface area contributed by atoms with Gasteiger partial charge in [-0.1, -0.05) is 177 Å². The Labute approximate surface area is 372 Å². The molecule has 0 fully saturated rings. The van der Waals surface area contributed by atoms with Gasteiger partial charge in [0.2, 0.25) is 0 Å². The fourth-order valence-electron chi connectivity index (χ4n) is 6.46. The Kier molecular flexibility index (Phi) is 43.9. The molecule has 3 unspecified atom stereocenters. The number of phosphoric ester groups is 1. The second-order valence-corrected chi connectivity index (χ2v) is 17.7. The summed E-state index contributed by atoms with van der Waals surface area (Å²) < 4.78 is 33.4. The molecule has 0 saturated heterocycles. The summed E-state index contributed by atoms with van der Waals surface area (Å²) in [6.07, 6.45) is 55.6. The van der Waals surface area contributed by atoms with Crippen LogP contribution in [0, 0.1) is 0 Å². The number of ether oxygens (including phenoxy) is 2. The lowest BCUT2D eigenvalue weighted by molar-refractivity contribution is -0.154. The predicted octanol–water partition coefficient (Wildman–Crippen LogP) is 14.0. The summed E-state index contributed by atoms with van der Waals surface area (Å²) in [6, 6.07) is -1.48. The molecule has 0 aromatic rings. The Balaban J connectivity index is 4.18. The second-order valence-electron chi connectivity index (χ2n) is 16.2. The molecule has 11 heteroatoms. The molecule has 0 aliphatic heterocycles. The van der Waals surface area contributed by atoms with Gasteiger partial charge in [-0.3, -0.25) is 18.6 Å². The number of esters is 1. The summed E-state index contributed by atoms with van der Waals surface area (Å²) >= 11 is 0. The summed E-state index contributed by atoms with van der Waals surface area (Å²) in [5, 5.41) is 8.91. The van der Waals surface area contributed by atoms with E-state index in [-0.39, 0.29) is 13.0 Å². The van der Waals surface area contributed by atoms with Crippen molar-refractivity contribution in [1.29, 1.82) is 0 Å². The van der Waals surface area contributed by atoms with Crippen LogP contribution in [0.5, 0.6) is 0 Å². The van der Waals surface area contributed by atoms with E-state index in [1.807, 2.05) is 0 Å². The first-order chi connectivity index (χ1) is 29.7. The molecular weight excluding hydrogens is 790 g/mol. The van der Waals surface area contributed by atoms with Crippen LogP contribution in [0.25, 0.3) is 0 Å². The lowest BCUT2D eigenvalue weighted by Crippen LogP contribution is -2.34. The third-order valence-electron chi connectivity index (χ3n) is 10.3. The number of carbonyl (C=O) groups excluding carboxylic acids is 1. The molecule has 0 radical (unpaired) electrons. The number of carbonyl (C=O) groups is 2. The number of hydrogen-bond acceptors (Lipinski definition) is 8. The number of nitrogens with two attached hydrogens (primary N) is 1. The summed E-state index contributed by atoms with van der Waals surface area (Å²) in [5.74, 6) is -1.80. The van der Waals surface area contributed by atoms with Crippen molar-refractivity contribution in [1.82, 2.24) is 0 Å². The van der Waals surface area contributed by atoms with Gasteiger partial charge in [-0.15, -0.1) is 0 Å². The van der Waals surface area contributed by atoms with E-state index >= 15 is 0 Å². The zero-order valence-electron chi connectivity index (χ0n) is 38.7. The van der Waals surface area contributed by atoms with Crippen molar-refractivity contribution in [2.24, 2.45) is 5.73 Å². The van der Waals surface area contributed by atoms with E-state index in [1.165, 1.54) is 103 Å². The van der Waals surface area contributed by atoms with Crippen molar-refractivity contribution in [2.45, 2.75) is 219 Å². The van der Waals surface area contributed by atoms with E-state index < -0.39 is 45.1 Å². The summed E-state index contributed by atoms with van der Waals surface area (Å²) in [6.45, 7) is 3.82. The van der Waals surface area contributed by atoms with E-state index in [4.69, 9.17) is 29.4 Å². The number of rotatable bonds is 46. The predicted molar refractivity (Wildman–Crippen MR) is 254 cm³/mol. The van der Waals surface area contributed by atoms with Gasteiger partial charge in [-0.25, -0.2) is 4.57 Å². The summed E-state index contributed by atoms with van der Waals surface area (Å²) in [4.78, 5) is 33.6. The van der Waals surface area contributed by atoms with Crippen LogP contribution in [-0.4, -0.2) is 60.5 Å². The Morgan fingerprint density at radius 3 is 1.38 bits per heavy atom. The summed E-state index contributed by atoms with van der Waals surface area (Å²) in [7, 11) is -4.63. The zero-order valence-corrected chi connectivity index (χ0v) is 39.6. The minimum Gasteiger partial charge on any atom is -0.480 e. The highest BCUT2D eigenvalue weighted by Crippen LogP contribution is 2.43. The molecule has 0 heterocycles. The van der Waals surface area contributed by atoms with Gasteiger partial charge in [0.15, 0.2) is 0 Å². The maximum atomic E-state index is 12.7. The molecule has 0 rings (SSSR count). The number of hydrogen-bond donors (Lipinski definition) is 3. The van der Waals surface area contributed by atoms with E-state index in [1.54, 1.807) is 0 Å². The van der Waals surface area contributed by atoms with Gasteiger partial charge in [-0.2, -0.15) is 0 Å². The molecule has 0 spiro atoms. The van der Waals surface area contributed by atoms with Gasteiger partial charge >= 0.3 is 19.8 Å². The molecule has 3 atom stereocenters. The van der Waals surface area contributed by atoms with Gasteiger partial charge in [-0.05, 0) is 83.5 Å². The molecule has 0 bridgehead atoms. The molecule has 0 aliphatic carbocycles. The lowest BCUT2D eigenvalue weighted by atomic mass is 10.1. The minimum absolute atomic E-state index is 0.00535. The zero-order chi connectivity index (χ0) is 44.8. The van der Waals surface area contributed by atoms with Crippen LogP contribution in [0.2, 0.25) is 0 Å². The van der Waals surface area contributed by atoms with Crippen molar-refractivity contribution in [3.63, 3.8) is 0 Å². The van der Waals surface area contributed by atoms with Crippen molar-refractivity contribution >= 4 is 19.8 Å². The average Bonchev–Trinajstić information content (AvgIpc) is 3.24. The summed E-state index contributed by atoms with van der Waals surface area (Å²) in [5.41, 5.74) is 5.36. The van der Waals surface area contributed by atoms with Crippen LogP contribution in [0.15, 0.2) is 60.8 Å². The number of aliphatic carboxylic acids is 1. The number of carboxylic acid groups (broad SMARTS) is 1. The van der Waals surface area contributed by atoms with Crippen LogP contribution in [0.3, 0.4) is 0 Å². The Bertz CT molecular complexity index is 1200. The molecular formula is C50H90NO9P.